The lowest BCUT2D eigenvalue weighted by Gasteiger charge is -2.04. The second kappa shape index (κ2) is 7.47. The van der Waals surface area contributed by atoms with E-state index in [0.29, 0.717) is 15.8 Å². The van der Waals surface area contributed by atoms with Crippen LogP contribution in [0.4, 0.5) is 16.5 Å². The zero-order valence-electron chi connectivity index (χ0n) is 13.0. The number of amides is 1. The number of nitrogens with zero attached hydrogens (tertiary/aromatic N) is 1. The Balaban J connectivity index is 1.66. The predicted octanol–water partition coefficient (Wildman–Crippen LogP) is 5.35. The molecular weight excluding hydrogens is 342 g/mol. The summed E-state index contributed by atoms with van der Waals surface area (Å²) >= 11 is 7.33. The highest BCUT2D eigenvalue weighted by Gasteiger charge is 2.11. The highest BCUT2D eigenvalue weighted by molar-refractivity contribution is 7.14. The molecule has 0 fully saturated rings. The van der Waals surface area contributed by atoms with E-state index in [2.05, 4.69) is 22.5 Å². The van der Waals surface area contributed by atoms with Crippen molar-refractivity contribution < 1.29 is 4.79 Å². The van der Waals surface area contributed by atoms with Gasteiger partial charge in [-0.3, -0.25) is 4.79 Å². The third kappa shape index (κ3) is 4.13. The summed E-state index contributed by atoms with van der Waals surface area (Å²) in [5.41, 5.74) is 3.20. The van der Waals surface area contributed by atoms with Crippen molar-refractivity contribution in [3.63, 3.8) is 0 Å². The molecular formula is C18H16ClN3OS. The number of benzene rings is 2. The molecule has 0 aliphatic heterocycles. The molecule has 4 nitrogen and oxygen atoms in total. The maximum absolute atomic E-state index is 12.3. The first-order valence-electron chi connectivity index (χ1n) is 7.52. The molecule has 0 atom stereocenters. The van der Waals surface area contributed by atoms with Crippen LogP contribution in [-0.4, -0.2) is 10.9 Å². The smallest absolute Gasteiger partial charge is 0.275 e. The van der Waals surface area contributed by atoms with Gasteiger partial charge in [0.2, 0.25) is 0 Å². The van der Waals surface area contributed by atoms with Crippen molar-refractivity contribution >= 4 is 45.4 Å². The fourth-order valence-electron chi connectivity index (χ4n) is 2.14. The van der Waals surface area contributed by atoms with Gasteiger partial charge in [0.25, 0.3) is 5.91 Å². The van der Waals surface area contributed by atoms with E-state index in [9.17, 15) is 4.79 Å². The van der Waals surface area contributed by atoms with Crippen LogP contribution in [-0.2, 0) is 6.42 Å². The SMILES string of the molecule is CCc1ccc(NC(=O)c2csc(Nc3cccc(Cl)c3)n2)cc1. The molecule has 2 N–H and O–H groups in total. The summed E-state index contributed by atoms with van der Waals surface area (Å²) in [4.78, 5) is 16.6. The van der Waals surface area contributed by atoms with Crippen LogP contribution < -0.4 is 10.6 Å². The van der Waals surface area contributed by atoms with Crippen molar-refractivity contribution in [3.05, 3.63) is 70.2 Å². The monoisotopic (exact) mass is 357 g/mol. The van der Waals surface area contributed by atoms with Crippen molar-refractivity contribution in [1.82, 2.24) is 4.98 Å². The Morgan fingerprint density at radius 3 is 2.67 bits per heavy atom. The van der Waals surface area contributed by atoms with Gasteiger partial charge in [-0.1, -0.05) is 36.7 Å². The number of halogens is 1. The summed E-state index contributed by atoms with van der Waals surface area (Å²) in [6.45, 7) is 2.09. The third-order valence-electron chi connectivity index (χ3n) is 3.43. The molecule has 0 radical (unpaired) electrons. The van der Waals surface area contributed by atoms with Crippen LogP contribution in [0.3, 0.4) is 0 Å². The first-order valence-corrected chi connectivity index (χ1v) is 8.78. The summed E-state index contributed by atoms with van der Waals surface area (Å²) < 4.78 is 0. The highest BCUT2D eigenvalue weighted by atomic mass is 35.5. The highest BCUT2D eigenvalue weighted by Crippen LogP contribution is 2.23. The molecule has 0 bridgehead atoms. The fourth-order valence-corrected chi connectivity index (χ4v) is 3.05. The number of rotatable bonds is 5. The Morgan fingerprint density at radius 2 is 1.96 bits per heavy atom. The van der Waals surface area contributed by atoms with Crippen molar-refractivity contribution in [2.24, 2.45) is 0 Å². The minimum atomic E-state index is -0.227. The Kier molecular flexibility index (Phi) is 5.13. The van der Waals surface area contributed by atoms with Crippen LogP contribution in [0.1, 0.15) is 23.0 Å². The largest absolute Gasteiger partial charge is 0.331 e. The zero-order chi connectivity index (χ0) is 16.9. The van der Waals surface area contributed by atoms with Crippen LogP contribution in [0.2, 0.25) is 5.02 Å². The third-order valence-corrected chi connectivity index (χ3v) is 4.43. The van der Waals surface area contributed by atoms with Crippen molar-refractivity contribution in [2.45, 2.75) is 13.3 Å². The number of anilines is 3. The molecule has 0 spiro atoms. The predicted molar refractivity (Wildman–Crippen MR) is 101 cm³/mol. The Bertz CT molecular complexity index is 845. The number of nitrogens with one attached hydrogen (secondary N) is 2. The van der Waals surface area contributed by atoms with Crippen LogP contribution in [0.5, 0.6) is 0 Å². The lowest BCUT2D eigenvalue weighted by molar-refractivity contribution is 0.102. The fraction of sp³-hybridized carbons (Fsp3) is 0.111. The number of carbonyl (C=O) groups is 1. The van der Waals surface area contributed by atoms with E-state index in [0.717, 1.165) is 17.8 Å². The van der Waals surface area contributed by atoms with E-state index in [1.54, 1.807) is 17.5 Å². The van der Waals surface area contributed by atoms with E-state index in [1.165, 1.54) is 16.9 Å². The van der Waals surface area contributed by atoms with Gasteiger partial charge < -0.3 is 10.6 Å². The quantitative estimate of drug-likeness (QED) is 0.646. The number of thiazole rings is 1. The van der Waals surface area contributed by atoms with E-state index >= 15 is 0 Å². The molecule has 2 aromatic carbocycles. The van der Waals surface area contributed by atoms with Crippen LogP contribution >= 0.6 is 22.9 Å². The Morgan fingerprint density at radius 1 is 1.17 bits per heavy atom. The number of carbonyl (C=O) groups excluding carboxylic acids is 1. The maximum Gasteiger partial charge on any atom is 0.275 e. The first kappa shape index (κ1) is 16.5. The second-order valence-electron chi connectivity index (χ2n) is 5.18. The van der Waals surface area contributed by atoms with Gasteiger partial charge in [0.05, 0.1) is 0 Å². The van der Waals surface area contributed by atoms with Crippen LogP contribution in [0, 0.1) is 0 Å². The lowest BCUT2D eigenvalue weighted by atomic mass is 10.1. The topological polar surface area (TPSA) is 54.0 Å². The molecule has 3 rings (SSSR count). The molecule has 1 amide bonds. The summed E-state index contributed by atoms with van der Waals surface area (Å²) in [7, 11) is 0. The molecule has 6 heteroatoms. The van der Waals surface area contributed by atoms with Gasteiger partial charge in [0.1, 0.15) is 5.69 Å². The summed E-state index contributed by atoms with van der Waals surface area (Å²) in [6, 6.07) is 15.2. The van der Waals surface area contributed by atoms with Crippen LogP contribution in [0.15, 0.2) is 53.9 Å². The Labute approximate surface area is 149 Å². The van der Waals surface area contributed by atoms with Gasteiger partial charge in [-0.25, -0.2) is 4.98 Å². The van der Waals surface area contributed by atoms with E-state index in [-0.39, 0.29) is 5.91 Å². The Hall–Kier alpha value is -2.37. The minimum absolute atomic E-state index is 0.227. The van der Waals surface area contributed by atoms with Gasteiger partial charge in [-0.2, -0.15) is 0 Å². The van der Waals surface area contributed by atoms with E-state index in [1.807, 2.05) is 36.4 Å². The lowest BCUT2D eigenvalue weighted by Crippen LogP contribution is -2.12. The van der Waals surface area contributed by atoms with E-state index in [4.69, 9.17) is 11.6 Å². The van der Waals surface area contributed by atoms with Crippen LogP contribution in [0.25, 0.3) is 0 Å². The molecule has 1 heterocycles. The van der Waals surface area contributed by atoms with Crippen molar-refractivity contribution in [3.8, 4) is 0 Å². The average molecular weight is 358 g/mol. The van der Waals surface area contributed by atoms with Gasteiger partial charge in [-0.05, 0) is 42.3 Å². The van der Waals surface area contributed by atoms with Gasteiger partial charge in [-0.15, -0.1) is 11.3 Å². The molecule has 0 unspecified atom stereocenters. The number of aromatic nitrogens is 1. The van der Waals surface area contributed by atoms with Gasteiger partial charge in [0.15, 0.2) is 5.13 Å². The number of hydrogen-bond acceptors (Lipinski definition) is 4. The normalized spacial score (nSPS) is 10.4. The number of hydrogen-bond donors (Lipinski definition) is 2. The minimum Gasteiger partial charge on any atom is -0.331 e. The van der Waals surface area contributed by atoms with Gasteiger partial charge >= 0.3 is 0 Å². The summed E-state index contributed by atoms with van der Waals surface area (Å²) in [5.74, 6) is -0.227. The second-order valence-corrected chi connectivity index (χ2v) is 6.47. The maximum atomic E-state index is 12.3. The van der Waals surface area contributed by atoms with Crippen molar-refractivity contribution in [2.75, 3.05) is 10.6 Å². The molecule has 3 aromatic rings. The molecule has 0 saturated carbocycles. The van der Waals surface area contributed by atoms with Crippen molar-refractivity contribution in [1.29, 1.82) is 0 Å². The van der Waals surface area contributed by atoms with Gasteiger partial charge in [0, 0.05) is 21.8 Å². The summed E-state index contributed by atoms with van der Waals surface area (Å²) in [5, 5.41) is 9.00. The molecule has 0 saturated heterocycles. The summed E-state index contributed by atoms with van der Waals surface area (Å²) in [6.07, 6.45) is 0.971. The van der Waals surface area contributed by atoms with E-state index < -0.39 is 0 Å². The first-order chi connectivity index (χ1) is 11.6. The molecule has 122 valence electrons. The average Bonchev–Trinajstić information content (AvgIpc) is 3.04. The molecule has 24 heavy (non-hydrogen) atoms. The molecule has 0 aliphatic rings. The molecule has 0 aliphatic carbocycles. The molecule has 1 aromatic heterocycles. The standard InChI is InChI=1S/C18H16ClN3OS/c1-2-12-6-8-14(9-7-12)20-17(23)16-11-24-18(22-16)21-15-5-3-4-13(19)10-15/h3-11H,2H2,1H3,(H,20,23)(H,21,22). The number of aryl methyl sites for hydroxylation is 1. The zero-order valence-corrected chi connectivity index (χ0v) is 14.6.